The first-order valence-electron chi connectivity index (χ1n) is 9.91. The molecular weight excluding hydrogens is 354 g/mol. The Morgan fingerprint density at radius 3 is 3.00 bits per heavy atom. The van der Waals surface area contributed by atoms with Crippen molar-refractivity contribution in [1.82, 2.24) is 24.6 Å². The van der Waals surface area contributed by atoms with Gasteiger partial charge < -0.3 is 14.6 Å². The molecule has 4 rings (SSSR count). The third-order valence-corrected chi connectivity index (χ3v) is 5.37. The summed E-state index contributed by atoms with van der Waals surface area (Å²) in [7, 11) is 0. The zero-order chi connectivity index (χ0) is 19.5. The van der Waals surface area contributed by atoms with Crippen LogP contribution in [0.5, 0.6) is 0 Å². The van der Waals surface area contributed by atoms with Gasteiger partial charge >= 0.3 is 0 Å². The van der Waals surface area contributed by atoms with Gasteiger partial charge in [0.05, 0.1) is 23.7 Å². The van der Waals surface area contributed by atoms with Crippen LogP contribution in [0.1, 0.15) is 29.8 Å². The van der Waals surface area contributed by atoms with Gasteiger partial charge in [0.15, 0.2) is 0 Å². The Bertz CT molecular complexity index is 908. The summed E-state index contributed by atoms with van der Waals surface area (Å²) in [6.45, 7) is 6.88. The molecule has 0 saturated carbocycles. The number of aryl methyl sites for hydroxylation is 3. The third-order valence-electron chi connectivity index (χ3n) is 5.37. The fourth-order valence-corrected chi connectivity index (χ4v) is 3.67. The Balaban J connectivity index is 1.37. The normalized spacial score (nSPS) is 17.8. The molecule has 7 heteroatoms. The number of nitrogens with one attached hydrogen (secondary N) is 1. The predicted molar refractivity (Wildman–Crippen MR) is 107 cm³/mol. The zero-order valence-corrected chi connectivity index (χ0v) is 16.5. The number of aromatic nitrogens is 4. The zero-order valence-electron chi connectivity index (χ0n) is 16.5. The smallest absolute Gasteiger partial charge is 0.223 e. The van der Waals surface area contributed by atoms with E-state index < -0.39 is 0 Å². The van der Waals surface area contributed by atoms with Crippen molar-refractivity contribution < 1.29 is 9.53 Å². The van der Waals surface area contributed by atoms with Gasteiger partial charge in [0, 0.05) is 44.9 Å². The number of nitrogens with zero attached hydrogens (tertiary/aromatic N) is 4. The van der Waals surface area contributed by atoms with Gasteiger partial charge in [-0.25, -0.2) is 4.98 Å². The minimum Gasteiger partial charge on any atom is -0.374 e. The van der Waals surface area contributed by atoms with E-state index in [1.54, 1.807) is 6.20 Å². The summed E-state index contributed by atoms with van der Waals surface area (Å²) >= 11 is 0. The van der Waals surface area contributed by atoms with E-state index >= 15 is 0 Å². The first kappa shape index (κ1) is 18.7. The molecule has 1 fully saturated rings. The van der Waals surface area contributed by atoms with Crippen LogP contribution in [0.15, 0.2) is 30.6 Å². The fraction of sp³-hybridized carbons (Fsp3) is 0.476. The number of ether oxygens (including phenoxy) is 1. The number of carbonyl (C=O) groups is 1. The lowest BCUT2D eigenvalue weighted by Crippen LogP contribution is -2.38. The van der Waals surface area contributed by atoms with Crippen molar-refractivity contribution in [2.45, 2.75) is 45.8 Å². The van der Waals surface area contributed by atoms with E-state index in [1.165, 1.54) is 11.1 Å². The number of rotatable bonds is 5. The molecule has 1 amide bonds. The molecule has 1 saturated heterocycles. The molecule has 148 valence electrons. The van der Waals surface area contributed by atoms with E-state index in [2.05, 4.69) is 41.0 Å². The molecule has 7 nitrogen and oxygen atoms in total. The summed E-state index contributed by atoms with van der Waals surface area (Å²) in [5.74, 6) is 1.02. The number of benzene rings is 1. The summed E-state index contributed by atoms with van der Waals surface area (Å²) in [6.07, 6.45) is 5.59. The highest BCUT2D eigenvalue weighted by Crippen LogP contribution is 2.18. The lowest BCUT2D eigenvalue weighted by atomic mass is 10.1. The topological polar surface area (TPSA) is 76.0 Å². The SMILES string of the molecule is Cc1cc2nc(CCC(=O)N3CCCO[C@@H](Cn4cccn4)C3)[nH]c2cc1C. The number of fused-ring (bicyclic) bond motifs is 1. The van der Waals surface area contributed by atoms with E-state index in [9.17, 15) is 4.79 Å². The minimum absolute atomic E-state index is 0.0245. The van der Waals surface area contributed by atoms with Gasteiger partial charge in [0.2, 0.25) is 5.91 Å². The number of imidazole rings is 1. The van der Waals surface area contributed by atoms with E-state index in [4.69, 9.17) is 4.74 Å². The van der Waals surface area contributed by atoms with Crippen LogP contribution in [0.25, 0.3) is 11.0 Å². The second-order valence-corrected chi connectivity index (χ2v) is 7.55. The summed E-state index contributed by atoms with van der Waals surface area (Å²) in [6, 6.07) is 6.11. The van der Waals surface area contributed by atoms with Crippen molar-refractivity contribution in [3.8, 4) is 0 Å². The largest absolute Gasteiger partial charge is 0.374 e. The molecule has 2 aromatic heterocycles. The van der Waals surface area contributed by atoms with E-state index in [0.717, 1.165) is 29.8 Å². The van der Waals surface area contributed by atoms with Crippen molar-refractivity contribution in [1.29, 1.82) is 0 Å². The maximum Gasteiger partial charge on any atom is 0.223 e. The average molecular weight is 381 g/mol. The van der Waals surface area contributed by atoms with Crippen molar-refractivity contribution in [2.24, 2.45) is 0 Å². The Labute approximate surface area is 164 Å². The number of H-pyrrole nitrogens is 1. The second kappa shape index (κ2) is 8.14. The number of aromatic amines is 1. The molecule has 0 radical (unpaired) electrons. The van der Waals surface area contributed by atoms with Crippen molar-refractivity contribution in [2.75, 3.05) is 19.7 Å². The molecule has 3 aromatic rings. The van der Waals surface area contributed by atoms with Gasteiger partial charge in [-0.1, -0.05) is 0 Å². The van der Waals surface area contributed by atoms with Gasteiger partial charge in [-0.3, -0.25) is 9.48 Å². The maximum atomic E-state index is 12.8. The summed E-state index contributed by atoms with van der Waals surface area (Å²) in [5.41, 5.74) is 4.47. The fourth-order valence-electron chi connectivity index (χ4n) is 3.67. The van der Waals surface area contributed by atoms with E-state index in [0.29, 0.717) is 32.5 Å². The quantitative estimate of drug-likeness (QED) is 0.737. The summed E-state index contributed by atoms with van der Waals surface area (Å²) in [5, 5.41) is 4.24. The van der Waals surface area contributed by atoms with Gasteiger partial charge in [0.1, 0.15) is 5.82 Å². The minimum atomic E-state index is -0.0245. The Hall–Kier alpha value is -2.67. The van der Waals surface area contributed by atoms with Crippen LogP contribution in [0.3, 0.4) is 0 Å². The van der Waals surface area contributed by atoms with Crippen molar-refractivity contribution >= 4 is 16.9 Å². The molecule has 3 heterocycles. The number of hydrogen-bond acceptors (Lipinski definition) is 4. The molecule has 0 aliphatic carbocycles. The Morgan fingerprint density at radius 2 is 2.18 bits per heavy atom. The first-order valence-corrected chi connectivity index (χ1v) is 9.91. The molecule has 0 bridgehead atoms. The summed E-state index contributed by atoms with van der Waals surface area (Å²) in [4.78, 5) is 22.7. The van der Waals surface area contributed by atoms with Gasteiger partial charge in [-0.05, 0) is 49.6 Å². The van der Waals surface area contributed by atoms with E-state index in [-0.39, 0.29) is 12.0 Å². The van der Waals surface area contributed by atoms with Gasteiger partial charge in [-0.15, -0.1) is 0 Å². The second-order valence-electron chi connectivity index (χ2n) is 7.55. The van der Waals surface area contributed by atoms with Crippen LogP contribution in [0, 0.1) is 13.8 Å². The lowest BCUT2D eigenvalue weighted by Gasteiger charge is -2.24. The standard InChI is InChI=1S/C21H27N5O2/c1-15-11-18-19(12-16(15)2)24-20(23-18)5-6-21(27)25-8-4-10-28-17(13-25)14-26-9-3-7-22-26/h3,7,9,11-12,17H,4-6,8,10,13-14H2,1-2H3,(H,23,24)/t17-/m1/s1. The van der Waals surface area contributed by atoms with Crippen LogP contribution >= 0.6 is 0 Å². The molecule has 1 aromatic carbocycles. The lowest BCUT2D eigenvalue weighted by molar-refractivity contribution is -0.132. The van der Waals surface area contributed by atoms with Crippen molar-refractivity contribution in [3.63, 3.8) is 0 Å². The van der Waals surface area contributed by atoms with Crippen LogP contribution in [-0.4, -0.2) is 56.4 Å². The molecule has 1 aliphatic rings. The number of amides is 1. The maximum absolute atomic E-state index is 12.8. The van der Waals surface area contributed by atoms with Crippen LogP contribution < -0.4 is 0 Å². The number of hydrogen-bond donors (Lipinski definition) is 1. The summed E-state index contributed by atoms with van der Waals surface area (Å²) < 4.78 is 7.77. The van der Waals surface area contributed by atoms with E-state index in [1.807, 2.05) is 21.8 Å². The van der Waals surface area contributed by atoms with Gasteiger partial charge in [0.25, 0.3) is 0 Å². The highest BCUT2D eigenvalue weighted by atomic mass is 16.5. The molecule has 1 aliphatic heterocycles. The van der Waals surface area contributed by atoms with Gasteiger partial charge in [-0.2, -0.15) is 5.10 Å². The average Bonchev–Trinajstić information content (AvgIpc) is 3.25. The van der Waals surface area contributed by atoms with Crippen LogP contribution in [0.4, 0.5) is 0 Å². The first-order chi connectivity index (χ1) is 13.6. The molecular formula is C21H27N5O2. The number of carbonyl (C=O) groups excluding carboxylic acids is 1. The molecule has 1 N–H and O–H groups in total. The Kier molecular flexibility index (Phi) is 5.43. The molecule has 28 heavy (non-hydrogen) atoms. The Morgan fingerprint density at radius 1 is 1.32 bits per heavy atom. The van der Waals surface area contributed by atoms with Crippen molar-refractivity contribution in [3.05, 3.63) is 47.5 Å². The molecule has 0 unspecified atom stereocenters. The van der Waals surface area contributed by atoms with Crippen LogP contribution in [-0.2, 0) is 22.5 Å². The molecule has 1 atom stereocenters. The predicted octanol–water partition coefficient (Wildman–Crippen LogP) is 2.63. The highest BCUT2D eigenvalue weighted by Gasteiger charge is 2.23. The monoisotopic (exact) mass is 381 g/mol. The highest BCUT2D eigenvalue weighted by molar-refractivity contribution is 5.78. The molecule has 0 spiro atoms. The third kappa shape index (κ3) is 4.25. The van der Waals surface area contributed by atoms with Crippen LogP contribution in [0.2, 0.25) is 0 Å².